The molecule has 1 aromatic carbocycles. The maximum absolute atomic E-state index is 5.53. The predicted molar refractivity (Wildman–Crippen MR) is 79.7 cm³/mol. The van der Waals surface area contributed by atoms with Crippen LogP contribution in [-0.2, 0) is 11.3 Å². The first-order valence-corrected chi connectivity index (χ1v) is 7.28. The molecule has 1 N–H and O–H groups in total. The summed E-state index contributed by atoms with van der Waals surface area (Å²) in [6.45, 7) is 5.51. The predicted octanol–water partition coefficient (Wildman–Crippen LogP) is 3.38. The molecule has 0 aliphatic heterocycles. The van der Waals surface area contributed by atoms with E-state index >= 15 is 0 Å². The number of unbranched alkanes of at least 4 members (excludes halogenated alkanes) is 3. The molecule has 0 fully saturated rings. The number of hydrogen-bond acceptors (Lipinski definition) is 3. The van der Waals surface area contributed by atoms with Crippen molar-refractivity contribution in [1.82, 2.24) is 5.32 Å². The highest BCUT2D eigenvalue weighted by Gasteiger charge is 1.96. The van der Waals surface area contributed by atoms with Crippen LogP contribution in [-0.4, -0.2) is 26.9 Å². The molecule has 0 bridgehead atoms. The zero-order valence-corrected chi connectivity index (χ0v) is 12.3. The van der Waals surface area contributed by atoms with Gasteiger partial charge in [0.1, 0.15) is 12.4 Å². The average molecular weight is 265 g/mol. The Kier molecular flexibility index (Phi) is 9.11. The van der Waals surface area contributed by atoms with Crippen molar-refractivity contribution in [2.75, 3.05) is 26.9 Å². The van der Waals surface area contributed by atoms with Crippen LogP contribution in [0, 0.1) is 0 Å². The van der Waals surface area contributed by atoms with Gasteiger partial charge in [-0.3, -0.25) is 0 Å². The standard InChI is InChI=1S/C16H27NO2/c1-3-4-5-6-11-17-14-15-7-9-16(10-8-15)19-13-12-18-2/h7-10,17H,3-6,11-14H2,1-2H3. The molecule has 0 unspecified atom stereocenters. The van der Waals surface area contributed by atoms with E-state index in [1.165, 1.54) is 31.2 Å². The molecule has 0 saturated carbocycles. The molecule has 1 aromatic rings. The van der Waals surface area contributed by atoms with E-state index in [2.05, 4.69) is 24.4 Å². The topological polar surface area (TPSA) is 30.5 Å². The summed E-state index contributed by atoms with van der Waals surface area (Å²) in [7, 11) is 1.68. The van der Waals surface area contributed by atoms with Gasteiger partial charge < -0.3 is 14.8 Å². The number of rotatable bonds is 11. The van der Waals surface area contributed by atoms with E-state index in [-0.39, 0.29) is 0 Å². The summed E-state index contributed by atoms with van der Waals surface area (Å²) in [5.74, 6) is 0.906. The molecule has 0 saturated heterocycles. The molecule has 0 aliphatic rings. The van der Waals surface area contributed by atoms with Gasteiger partial charge in [-0.05, 0) is 30.7 Å². The zero-order valence-electron chi connectivity index (χ0n) is 12.3. The van der Waals surface area contributed by atoms with Crippen molar-refractivity contribution in [3.8, 4) is 5.75 Å². The first kappa shape index (κ1) is 16.0. The van der Waals surface area contributed by atoms with Crippen molar-refractivity contribution in [3.05, 3.63) is 29.8 Å². The Morgan fingerprint density at radius 2 is 1.79 bits per heavy atom. The Morgan fingerprint density at radius 3 is 2.47 bits per heavy atom. The van der Waals surface area contributed by atoms with Crippen molar-refractivity contribution < 1.29 is 9.47 Å². The minimum atomic E-state index is 0.603. The van der Waals surface area contributed by atoms with E-state index in [9.17, 15) is 0 Å². The van der Waals surface area contributed by atoms with Gasteiger partial charge in [-0.25, -0.2) is 0 Å². The fourth-order valence-corrected chi connectivity index (χ4v) is 1.86. The first-order chi connectivity index (χ1) is 9.36. The highest BCUT2D eigenvalue weighted by molar-refractivity contribution is 5.27. The van der Waals surface area contributed by atoms with Crippen molar-refractivity contribution >= 4 is 0 Å². The van der Waals surface area contributed by atoms with Crippen LogP contribution in [0.1, 0.15) is 38.2 Å². The third kappa shape index (κ3) is 7.85. The molecule has 1 rings (SSSR count). The number of benzene rings is 1. The van der Waals surface area contributed by atoms with Crippen molar-refractivity contribution in [2.24, 2.45) is 0 Å². The highest BCUT2D eigenvalue weighted by atomic mass is 16.5. The third-order valence-corrected chi connectivity index (χ3v) is 3.02. The smallest absolute Gasteiger partial charge is 0.119 e. The van der Waals surface area contributed by atoms with Crippen LogP contribution in [0.25, 0.3) is 0 Å². The summed E-state index contributed by atoms with van der Waals surface area (Å²) in [5.41, 5.74) is 1.30. The lowest BCUT2D eigenvalue weighted by Crippen LogP contribution is -2.14. The van der Waals surface area contributed by atoms with E-state index in [0.29, 0.717) is 13.2 Å². The van der Waals surface area contributed by atoms with Crippen molar-refractivity contribution in [1.29, 1.82) is 0 Å². The molecular formula is C16H27NO2. The molecule has 0 aromatic heterocycles. The second-order valence-corrected chi connectivity index (χ2v) is 4.72. The lowest BCUT2D eigenvalue weighted by molar-refractivity contribution is 0.146. The molecule has 0 heterocycles. The van der Waals surface area contributed by atoms with Crippen LogP contribution in [0.5, 0.6) is 5.75 Å². The largest absolute Gasteiger partial charge is 0.491 e. The van der Waals surface area contributed by atoms with Gasteiger partial charge in [0.25, 0.3) is 0 Å². The van der Waals surface area contributed by atoms with Crippen molar-refractivity contribution in [2.45, 2.75) is 39.2 Å². The maximum atomic E-state index is 5.53. The number of ether oxygens (including phenoxy) is 2. The molecule has 0 spiro atoms. The fourth-order valence-electron chi connectivity index (χ4n) is 1.86. The Morgan fingerprint density at radius 1 is 1.00 bits per heavy atom. The summed E-state index contributed by atoms with van der Waals surface area (Å²) in [6.07, 6.45) is 5.24. The molecule has 0 radical (unpaired) electrons. The number of nitrogens with one attached hydrogen (secondary N) is 1. The SMILES string of the molecule is CCCCCCNCc1ccc(OCCOC)cc1. The number of hydrogen-bond donors (Lipinski definition) is 1. The Bertz CT molecular complexity index is 311. The van der Waals surface area contributed by atoms with E-state index in [4.69, 9.17) is 9.47 Å². The van der Waals surface area contributed by atoms with Gasteiger partial charge in [0.05, 0.1) is 6.61 Å². The van der Waals surface area contributed by atoms with Crippen LogP contribution in [0.4, 0.5) is 0 Å². The second-order valence-electron chi connectivity index (χ2n) is 4.72. The molecular weight excluding hydrogens is 238 g/mol. The molecule has 0 atom stereocenters. The molecule has 0 aliphatic carbocycles. The maximum Gasteiger partial charge on any atom is 0.119 e. The molecule has 0 amide bonds. The van der Waals surface area contributed by atoms with E-state index < -0.39 is 0 Å². The van der Waals surface area contributed by atoms with Gasteiger partial charge in [-0.2, -0.15) is 0 Å². The molecule has 108 valence electrons. The van der Waals surface area contributed by atoms with Crippen LogP contribution in [0.3, 0.4) is 0 Å². The third-order valence-electron chi connectivity index (χ3n) is 3.02. The summed E-state index contributed by atoms with van der Waals surface area (Å²) in [5, 5.41) is 3.47. The van der Waals surface area contributed by atoms with Crippen LogP contribution in [0.2, 0.25) is 0 Å². The van der Waals surface area contributed by atoms with E-state index in [1.54, 1.807) is 7.11 Å². The normalized spacial score (nSPS) is 10.6. The van der Waals surface area contributed by atoms with E-state index in [0.717, 1.165) is 18.8 Å². The number of methoxy groups -OCH3 is 1. The first-order valence-electron chi connectivity index (χ1n) is 7.28. The highest BCUT2D eigenvalue weighted by Crippen LogP contribution is 2.12. The zero-order chi connectivity index (χ0) is 13.8. The average Bonchev–Trinajstić information content (AvgIpc) is 2.44. The van der Waals surface area contributed by atoms with Gasteiger partial charge in [0.15, 0.2) is 0 Å². The van der Waals surface area contributed by atoms with Gasteiger partial charge in [-0.1, -0.05) is 38.3 Å². The van der Waals surface area contributed by atoms with Crippen molar-refractivity contribution in [3.63, 3.8) is 0 Å². The van der Waals surface area contributed by atoms with Gasteiger partial charge in [0, 0.05) is 13.7 Å². The Hall–Kier alpha value is -1.06. The van der Waals surface area contributed by atoms with E-state index in [1.807, 2.05) is 12.1 Å². The summed E-state index contributed by atoms with van der Waals surface area (Å²) < 4.78 is 10.5. The second kappa shape index (κ2) is 10.8. The monoisotopic (exact) mass is 265 g/mol. The van der Waals surface area contributed by atoms with Gasteiger partial charge >= 0.3 is 0 Å². The van der Waals surface area contributed by atoms with Gasteiger partial charge in [-0.15, -0.1) is 0 Å². The Balaban J connectivity index is 2.13. The minimum absolute atomic E-state index is 0.603. The molecule has 19 heavy (non-hydrogen) atoms. The summed E-state index contributed by atoms with van der Waals surface area (Å²) >= 11 is 0. The summed E-state index contributed by atoms with van der Waals surface area (Å²) in [4.78, 5) is 0. The van der Waals surface area contributed by atoms with Gasteiger partial charge in [0.2, 0.25) is 0 Å². The Labute approximate surface area is 117 Å². The molecule has 3 heteroatoms. The van der Waals surface area contributed by atoms with Crippen LogP contribution < -0.4 is 10.1 Å². The summed E-state index contributed by atoms with van der Waals surface area (Å²) in [6, 6.07) is 8.26. The van der Waals surface area contributed by atoms with Crippen LogP contribution in [0.15, 0.2) is 24.3 Å². The lowest BCUT2D eigenvalue weighted by Gasteiger charge is -2.07. The van der Waals surface area contributed by atoms with Crippen LogP contribution >= 0.6 is 0 Å². The quantitative estimate of drug-likeness (QED) is 0.622. The fraction of sp³-hybridized carbons (Fsp3) is 0.625. The lowest BCUT2D eigenvalue weighted by atomic mass is 10.2. The molecule has 3 nitrogen and oxygen atoms in total. The minimum Gasteiger partial charge on any atom is -0.491 e.